The fourth-order valence-corrected chi connectivity index (χ4v) is 1.91. The Balaban J connectivity index is 0.00000144. The van der Waals surface area contributed by atoms with E-state index < -0.39 is 13.4 Å². The van der Waals surface area contributed by atoms with Crippen LogP contribution in [-0.4, -0.2) is 30.9 Å². The Morgan fingerprint density at radius 1 is 1.31 bits per heavy atom. The van der Waals surface area contributed by atoms with Gasteiger partial charge in [0, 0.05) is 6.04 Å². The van der Waals surface area contributed by atoms with Gasteiger partial charge in [-0.2, -0.15) is 0 Å². The zero-order chi connectivity index (χ0) is 9.35. The van der Waals surface area contributed by atoms with Crippen LogP contribution in [-0.2, 0) is 0 Å². The van der Waals surface area contributed by atoms with Crippen LogP contribution in [0.5, 0.6) is 0 Å². The van der Waals surface area contributed by atoms with E-state index in [9.17, 15) is 12.9 Å². The normalized spacial score (nSPS) is 30.2. The Hall–Kier alpha value is 1.45. The SMILES string of the molecule is CC1CC(C)N(C[B-](F)(F)F)C1.[K+]. The van der Waals surface area contributed by atoms with Crippen LogP contribution in [0.25, 0.3) is 0 Å². The summed E-state index contributed by atoms with van der Waals surface area (Å²) in [6.07, 6.45) is 0.206. The van der Waals surface area contributed by atoms with Crippen LogP contribution in [0, 0.1) is 5.92 Å². The molecule has 0 amide bonds. The van der Waals surface area contributed by atoms with Crippen molar-refractivity contribution in [2.24, 2.45) is 5.92 Å². The minimum atomic E-state index is -4.64. The molecule has 2 unspecified atom stereocenters. The fourth-order valence-electron chi connectivity index (χ4n) is 1.91. The molecule has 0 aromatic heterocycles. The third-order valence-electron chi connectivity index (χ3n) is 2.35. The second-order valence-electron chi connectivity index (χ2n) is 3.85. The van der Waals surface area contributed by atoms with Gasteiger partial charge in [0.05, 0.1) is 0 Å². The molecule has 13 heavy (non-hydrogen) atoms. The summed E-state index contributed by atoms with van der Waals surface area (Å²) >= 11 is 0. The Morgan fingerprint density at radius 2 is 1.85 bits per heavy atom. The molecule has 0 aromatic carbocycles. The number of halogens is 3. The summed E-state index contributed by atoms with van der Waals surface area (Å²) in [7, 11) is 0. The van der Waals surface area contributed by atoms with Crippen LogP contribution in [0.4, 0.5) is 12.9 Å². The summed E-state index contributed by atoms with van der Waals surface area (Å²) in [5.41, 5.74) is 0. The molecule has 1 nitrogen and oxygen atoms in total. The standard InChI is InChI=1S/C7H14BF3N.K/c1-6-3-7(2)12(4-6)5-8(9,10)11;/h6-7H,3-5H2,1-2H3;/q-1;+1. The second kappa shape index (κ2) is 5.51. The number of rotatable bonds is 2. The molecule has 0 bridgehead atoms. The van der Waals surface area contributed by atoms with Crippen LogP contribution in [0.2, 0.25) is 0 Å². The van der Waals surface area contributed by atoms with E-state index in [4.69, 9.17) is 0 Å². The van der Waals surface area contributed by atoms with Crippen molar-refractivity contribution < 1.29 is 64.3 Å². The minimum Gasteiger partial charge on any atom is -0.448 e. The van der Waals surface area contributed by atoms with Crippen molar-refractivity contribution in [1.29, 1.82) is 0 Å². The molecule has 0 aromatic rings. The first kappa shape index (κ1) is 14.5. The Bertz CT molecular complexity index is 164. The number of likely N-dealkylation sites (tertiary alicyclic amines) is 1. The quantitative estimate of drug-likeness (QED) is 0.544. The minimum absolute atomic E-state index is 0. The largest absolute Gasteiger partial charge is 1.00 e. The van der Waals surface area contributed by atoms with E-state index in [2.05, 4.69) is 0 Å². The third-order valence-corrected chi connectivity index (χ3v) is 2.35. The molecule has 0 spiro atoms. The smallest absolute Gasteiger partial charge is 0.448 e. The van der Waals surface area contributed by atoms with E-state index in [0.717, 1.165) is 6.42 Å². The van der Waals surface area contributed by atoms with Crippen LogP contribution in [0.15, 0.2) is 0 Å². The van der Waals surface area contributed by atoms with Gasteiger partial charge in [-0.05, 0) is 32.3 Å². The molecule has 1 aliphatic heterocycles. The average molecular weight is 219 g/mol. The van der Waals surface area contributed by atoms with Gasteiger partial charge >= 0.3 is 58.4 Å². The van der Waals surface area contributed by atoms with Gasteiger partial charge < -0.3 is 17.8 Å². The molecule has 72 valence electrons. The number of hydrogen-bond donors (Lipinski definition) is 0. The summed E-state index contributed by atoms with van der Waals surface area (Å²) in [4.78, 5) is 1.53. The predicted octanol–water partition coefficient (Wildman–Crippen LogP) is -0.893. The van der Waals surface area contributed by atoms with Crippen LogP contribution in [0.3, 0.4) is 0 Å². The molecule has 1 saturated heterocycles. The Morgan fingerprint density at radius 3 is 2.15 bits per heavy atom. The molecule has 0 N–H and O–H groups in total. The topological polar surface area (TPSA) is 3.24 Å². The third kappa shape index (κ3) is 5.18. The van der Waals surface area contributed by atoms with Gasteiger partial charge in [0.25, 0.3) is 0 Å². The Labute approximate surface area is 120 Å². The first-order valence-electron chi connectivity index (χ1n) is 4.33. The molecule has 0 aliphatic carbocycles. The van der Waals surface area contributed by atoms with E-state index in [-0.39, 0.29) is 57.4 Å². The monoisotopic (exact) mass is 219 g/mol. The first-order valence-corrected chi connectivity index (χ1v) is 4.33. The summed E-state index contributed by atoms with van der Waals surface area (Å²) in [6.45, 7) is -0.173. The van der Waals surface area contributed by atoms with Crippen molar-refractivity contribution in [2.45, 2.75) is 26.3 Å². The van der Waals surface area contributed by atoms with Gasteiger partial charge in [-0.15, -0.1) is 0 Å². The van der Waals surface area contributed by atoms with Gasteiger partial charge in [-0.25, -0.2) is 0 Å². The molecule has 6 heteroatoms. The predicted molar refractivity (Wildman–Crippen MR) is 43.9 cm³/mol. The van der Waals surface area contributed by atoms with Crippen LogP contribution in [0.1, 0.15) is 20.3 Å². The van der Waals surface area contributed by atoms with Crippen LogP contribution >= 0.6 is 0 Å². The maximum absolute atomic E-state index is 12.0. The fraction of sp³-hybridized carbons (Fsp3) is 1.00. The van der Waals surface area contributed by atoms with Gasteiger partial charge in [0.15, 0.2) is 0 Å². The van der Waals surface area contributed by atoms with E-state index in [1.54, 1.807) is 0 Å². The van der Waals surface area contributed by atoms with Gasteiger partial charge in [-0.3, -0.25) is 0 Å². The van der Waals surface area contributed by atoms with E-state index in [1.807, 2.05) is 13.8 Å². The van der Waals surface area contributed by atoms with Crippen LogP contribution < -0.4 is 51.4 Å². The van der Waals surface area contributed by atoms with Crippen molar-refractivity contribution >= 4 is 6.98 Å². The summed E-state index contributed by atoms with van der Waals surface area (Å²) in [5.74, 6) is 0.415. The van der Waals surface area contributed by atoms with Gasteiger partial charge in [0.2, 0.25) is 0 Å². The molecule has 1 aliphatic rings. The molecule has 2 atom stereocenters. The van der Waals surface area contributed by atoms with Crippen molar-refractivity contribution in [3.05, 3.63) is 0 Å². The molecule has 1 rings (SSSR count). The van der Waals surface area contributed by atoms with E-state index in [0.29, 0.717) is 12.5 Å². The maximum Gasteiger partial charge on any atom is 1.00 e. The summed E-state index contributed by atoms with van der Waals surface area (Å²) in [6, 6.07) is 0.100. The molecule has 0 radical (unpaired) electrons. The molecular formula is C7H14BF3KN. The van der Waals surface area contributed by atoms with E-state index in [1.165, 1.54) is 4.90 Å². The van der Waals surface area contributed by atoms with Crippen molar-refractivity contribution in [3.8, 4) is 0 Å². The Kier molecular flexibility index (Phi) is 6.13. The number of hydrogen-bond acceptors (Lipinski definition) is 1. The summed E-state index contributed by atoms with van der Waals surface area (Å²) in [5, 5.41) is 0. The number of nitrogens with zero attached hydrogens (tertiary/aromatic N) is 1. The summed E-state index contributed by atoms with van der Waals surface area (Å²) < 4.78 is 36.1. The average Bonchev–Trinajstić information content (AvgIpc) is 2.06. The zero-order valence-electron chi connectivity index (χ0n) is 8.43. The second-order valence-corrected chi connectivity index (χ2v) is 3.85. The molecule has 1 heterocycles. The molecular weight excluding hydrogens is 205 g/mol. The van der Waals surface area contributed by atoms with Crippen molar-refractivity contribution in [3.63, 3.8) is 0 Å². The van der Waals surface area contributed by atoms with Gasteiger partial charge in [-0.1, -0.05) is 6.92 Å². The van der Waals surface area contributed by atoms with Crippen molar-refractivity contribution in [1.82, 2.24) is 4.90 Å². The maximum atomic E-state index is 12.0. The zero-order valence-corrected chi connectivity index (χ0v) is 11.6. The molecule has 0 saturated carbocycles. The first-order chi connectivity index (χ1) is 5.38. The van der Waals surface area contributed by atoms with E-state index >= 15 is 0 Å². The van der Waals surface area contributed by atoms with Gasteiger partial charge in [0.1, 0.15) is 0 Å². The molecule has 1 fully saturated rings. The van der Waals surface area contributed by atoms with Crippen molar-refractivity contribution in [2.75, 3.05) is 13.0 Å².